The molecule has 0 aliphatic carbocycles. The molecule has 0 saturated carbocycles. The van der Waals surface area contributed by atoms with Crippen molar-refractivity contribution >= 4 is 21.8 Å². The van der Waals surface area contributed by atoms with Gasteiger partial charge in [0, 0.05) is 24.7 Å². The molecule has 0 bridgehead atoms. The van der Waals surface area contributed by atoms with Crippen molar-refractivity contribution in [2.24, 2.45) is 0 Å². The number of hydrogen-bond donors (Lipinski definition) is 0. The largest absolute Gasteiger partial charge is 0.331 e. The second kappa shape index (κ2) is 6.60. The fraction of sp³-hybridized carbons (Fsp3) is 0.294. The zero-order valence-electron chi connectivity index (χ0n) is 13.7. The van der Waals surface area contributed by atoms with Gasteiger partial charge in [0.25, 0.3) is 21.8 Å². The van der Waals surface area contributed by atoms with Crippen LogP contribution in [0.2, 0.25) is 0 Å². The lowest BCUT2D eigenvalue weighted by atomic mass is 10.1. The molecule has 0 radical (unpaired) electrons. The first-order valence-corrected chi connectivity index (χ1v) is 8.93. The molecule has 1 aliphatic rings. The van der Waals surface area contributed by atoms with Crippen molar-refractivity contribution in [2.45, 2.75) is 24.8 Å². The van der Waals surface area contributed by atoms with Crippen LogP contribution in [0.25, 0.3) is 0 Å². The van der Waals surface area contributed by atoms with Crippen molar-refractivity contribution in [3.63, 3.8) is 0 Å². The number of benzene rings is 1. The van der Waals surface area contributed by atoms with E-state index in [1.165, 1.54) is 23.1 Å². The third kappa shape index (κ3) is 2.87. The topological polar surface area (TPSA) is 74.8 Å². The lowest BCUT2D eigenvalue weighted by Gasteiger charge is -2.20. The summed E-state index contributed by atoms with van der Waals surface area (Å²) in [6, 6.07) is 3.64. The van der Waals surface area contributed by atoms with Crippen LogP contribution in [-0.2, 0) is 10.0 Å². The van der Waals surface area contributed by atoms with Crippen molar-refractivity contribution in [3.05, 3.63) is 54.6 Å². The standard InChI is InChI=1S/C17H20N2O4S/c1-5-9-18(10-6-2)16(20)13-7-8-14-15(11-13)24(22,23)19(12(3)4)17(14)21/h5-8,11-12H,1-2,9-10H2,3-4H3. The number of carbonyl (C=O) groups is 2. The van der Waals surface area contributed by atoms with Crippen molar-refractivity contribution in [1.29, 1.82) is 0 Å². The molecule has 6 nitrogen and oxygen atoms in total. The molecule has 1 heterocycles. The number of fused-ring (bicyclic) bond motifs is 1. The summed E-state index contributed by atoms with van der Waals surface area (Å²) in [7, 11) is -3.93. The van der Waals surface area contributed by atoms with Crippen molar-refractivity contribution in [2.75, 3.05) is 13.1 Å². The Kier molecular flexibility index (Phi) is 4.94. The van der Waals surface area contributed by atoms with Crippen LogP contribution in [0, 0.1) is 0 Å². The highest BCUT2D eigenvalue weighted by atomic mass is 32.2. The first kappa shape index (κ1) is 17.9. The number of sulfonamides is 1. The highest BCUT2D eigenvalue weighted by Gasteiger charge is 2.43. The van der Waals surface area contributed by atoms with E-state index in [2.05, 4.69) is 13.2 Å². The Morgan fingerprint density at radius 1 is 1.25 bits per heavy atom. The van der Waals surface area contributed by atoms with Gasteiger partial charge in [0.05, 0.1) is 5.56 Å². The van der Waals surface area contributed by atoms with Gasteiger partial charge in [0.15, 0.2) is 0 Å². The second-order valence-corrected chi connectivity index (χ2v) is 7.48. The van der Waals surface area contributed by atoms with Crippen LogP contribution in [0.15, 0.2) is 48.4 Å². The minimum Gasteiger partial charge on any atom is -0.331 e. The van der Waals surface area contributed by atoms with E-state index in [4.69, 9.17) is 0 Å². The van der Waals surface area contributed by atoms with Crippen molar-refractivity contribution < 1.29 is 18.0 Å². The number of hydrogen-bond acceptors (Lipinski definition) is 4. The van der Waals surface area contributed by atoms with E-state index in [0.29, 0.717) is 13.1 Å². The fourth-order valence-electron chi connectivity index (χ4n) is 2.63. The molecule has 2 amide bonds. The molecule has 0 fully saturated rings. The molecule has 0 unspecified atom stereocenters. The first-order chi connectivity index (χ1) is 11.3. The Morgan fingerprint density at radius 3 is 2.33 bits per heavy atom. The Morgan fingerprint density at radius 2 is 1.83 bits per heavy atom. The monoisotopic (exact) mass is 348 g/mol. The summed E-state index contributed by atoms with van der Waals surface area (Å²) in [5.74, 6) is -0.906. The van der Waals surface area contributed by atoms with Crippen molar-refractivity contribution in [3.8, 4) is 0 Å². The quantitative estimate of drug-likeness (QED) is 0.738. The fourth-order valence-corrected chi connectivity index (χ4v) is 4.42. The minimum atomic E-state index is -3.93. The van der Waals surface area contributed by atoms with Crippen LogP contribution in [0.3, 0.4) is 0 Å². The summed E-state index contributed by atoms with van der Waals surface area (Å²) in [5, 5.41) is 0. The maximum absolute atomic E-state index is 12.6. The normalized spacial score (nSPS) is 15.3. The van der Waals surface area contributed by atoms with E-state index in [0.717, 1.165) is 4.31 Å². The lowest BCUT2D eigenvalue weighted by molar-refractivity contribution is 0.0788. The maximum atomic E-state index is 12.6. The van der Waals surface area contributed by atoms with Gasteiger partial charge in [-0.05, 0) is 32.0 Å². The summed E-state index contributed by atoms with van der Waals surface area (Å²) >= 11 is 0. The number of carbonyl (C=O) groups excluding carboxylic acids is 2. The van der Waals surface area contributed by atoms with Gasteiger partial charge >= 0.3 is 0 Å². The maximum Gasteiger partial charge on any atom is 0.269 e. The summed E-state index contributed by atoms with van der Waals surface area (Å²) in [5.41, 5.74) is 0.304. The molecule has 0 atom stereocenters. The summed E-state index contributed by atoms with van der Waals surface area (Å²) in [6.07, 6.45) is 3.16. The van der Waals surface area contributed by atoms with E-state index < -0.39 is 22.0 Å². The molecule has 7 heteroatoms. The van der Waals surface area contributed by atoms with E-state index >= 15 is 0 Å². The molecule has 1 aliphatic heterocycles. The number of rotatable bonds is 6. The van der Waals surface area contributed by atoms with Gasteiger partial charge in [-0.3, -0.25) is 9.59 Å². The van der Waals surface area contributed by atoms with Crippen LogP contribution in [0.1, 0.15) is 34.6 Å². The van der Waals surface area contributed by atoms with Gasteiger partial charge < -0.3 is 4.90 Å². The van der Waals surface area contributed by atoms with E-state index in [-0.39, 0.29) is 21.9 Å². The molecule has 1 aromatic rings. The summed E-state index contributed by atoms with van der Waals surface area (Å²) in [4.78, 5) is 26.2. The summed E-state index contributed by atoms with van der Waals surface area (Å²) in [6.45, 7) is 11.1. The highest BCUT2D eigenvalue weighted by molar-refractivity contribution is 7.90. The minimum absolute atomic E-state index is 0.0965. The molecule has 2 rings (SSSR count). The van der Waals surface area contributed by atoms with Crippen LogP contribution in [0.4, 0.5) is 0 Å². The van der Waals surface area contributed by atoms with Gasteiger partial charge in [0.2, 0.25) is 0 Å². The third-order valence-corrected chi connectivity index (χ3v) is 5.65. The molecule has 128 valence electrons. The molecule has 24 heavy (non-hydrogen) atoms. The predicted molar refractivity (Wildman–Crippen MR) is 91.2 cm³/mol. The third-order valence-electron chi connectivity index (χ3n) is 3.65. The zero-order valence-corrected chi connectivity index (χ0v) is 14.5. The van der Waals surface area contributed by atoms with E-state index in [1.807, 2.05) is 0 Å². The Bertz CT molecular complexity index is 802. The van der Waals surface area contributed by atoms with E-state index in [9.17, 15) is 18.0 Å². The molecular weight excluding hydrogens is 328 g/mol. The second-order valence-electron chi connectivity index (χ2n) is 5.70. The van der Waals surface area contributed by atoms with Crippen LogP contribution < -0.4 is 0 Å². The number of amides is 2. The van der Waals surface area contributed by atoms with Crippen molar-refractivity contribution in [1.82, 2.24) is 9.21 Å². The SMILES string of the molecule is C=CCN(CC=C)C(=O)c1ccc2c(c1)S(=O)(=O)N(C(C)C)C2=O. The molecule has 0 N–H and O–H groups in total. The predicted octanol–water partition coefficient (Wildman–Crippen LogP) is 2.05. The van der Waals surface area contributed by atoms with E-state index in [1.54, 1.807) is 26.0 Å². The van der Waals surface area contributed by atoms with Crippen LogP contribution in [-0.4, -0.2) is 48.6 Å². The van der Waals surface area contributed by atoms with Crippen LogP contribution in [0.5, 0.6) is 0 Å². The summed E-state index contributed by atoms with van der Waals surface area (Å²) < 4.78 is 26.0. The average Bonchev–Trinajstić information content (AvgIpc) is 2.72. The lowest BCUT2D eigenvalue weighted by Crippen LogP contribution is -2.36. The zero-order chi connectivity index (χ0) is 18.1. The molecule has 0 spiro atoms. The number of nitrogens with zero attached hydrogens (tertiary/aromatic N) is 2. The molecular formula is C17H20N2O4S. The van der Waals surface area contributed by atoms with Gasteiger partial charge in [-0.15, -0.1) is 13.2 Å². The molecule has 1 aromatic carbocycles. The van der Waals surface area contributed by atoms with Gasteiger partial charge in [-0.1, -0.05) is 12.2 Å². The highest BCUT2D eigenvalue weighted by Crippen LogP contribution is 2.32. The Balaban J connectivity index is 2.49. The van der Waals surface area contributed by atoms with Crippen LogP contribution >= 0.6 is 0 Å². The van der Waals surface area contributed by atoms with Gasteiger partial charge in [0.1, 0.15) is 4.90 Å². The average molecular weight is 348 g/mol. The smallest absolute Gasteiger partial charge is 0.269 e. The first-order valence-electron chi connectivity index (χ1n) is 7.49. The molecule has 0 aromatic heterocycles. The Hall–Kier alpha value is -2.41. The Labute approximate surface area is 142 Å². The molecule has 0 saturated heterocycles. The van der Waals surface area contributed by atoms with Gasteiger partial charge in [-0.25, -0.2) is 12.7 Å². The van der Waals surface area contributed by atoms with Gasteiger partial charge in [-0.2, -0.15) is 0 Å².